The molecule has 0 atom stereocenters. The van der Waals surface area contributed by atoms with Crippen molar-refractivity contribution >= 4 is 11.6 Å². The Hall–Kier alpha value is -2.10. The summed E-state index contributed by atoms with van der Waals surface area (Å²) in [5, 5.41) is 0. The molecule has 4 heteroatoms. The van der Waals surface area contributed by atoms with Crippen molar-refractivity contribution in [2.75, 3.05) is 0 Å². The van der Waals surface area contributed by atoms with Crippen molar-refractivity contribution in [1.82, 2.24) is 0 Å². The molecule has 0 bridgehead atoms. The van der Waals surface area contributed by atoms with Crippen LogP contribution in [0.15, 0.2) is 24.3 Å². The molecular formula is C27H30F4. The van der Waals surface area contributed by atoms with Gasteiger partial charge in [-0.2, -0.15) is 0 Å². The first-order chi connectivity index (χ1) is 15.0. The zero-order chi connectivity index (χ0) is 22.0. The molecule has 0 spiro atoms. The molecule has 0 aliphatic heterocycles. The smallest absolute Gasteiger partial charge is 0.133 e. The number of fused-ring (bicyclic) bond motifs is 1. The molecule has 166 valence electrons. The van der Waals surface area contributed by atoms with Crippen molar-refractivity contribution in [1.29, 1.82) is 0 Å². The third-order valence-corrected chi connectivity index (χ3v) is 7.09. The fourth-order valence-electron chi connectivity index (χ4n) is 5.34. The Morgan fingerprint density at radius 3 is 2.19 bits per heavy atom. The van der Waals surface area contributed by atoms with E-state index >= 15 is 8.78 Å². The molecule has 0 N–H and O–H groups in total. The minimum absolute atomic E-state index is 0.0627. The summed E-state index contributed by atoms with van der Waals surface area (Å²) in [6.45, 7) is 2.21. The van der Waals surface area contributed by atoms with Gasteiger partial charge in [-0.25, -0.2) is 17.6 Å². The van der Waals surface area contributed by atoms with Crippen LogP contribution in [0.25, 0.3) is 11.6 Å². The maximum Gasteiger partial charge on any atom is 0.133 e. The van der Waals surface area contributed by atoms with Crippen molar-refractivity contribution < 1.29 is 17.6 Å². The molecule has 0 unspecified atom stereocenters. The minimum Gasteiger partial charge on any atom is -0.207 e. The molecule has 0 heterocycles. The van der Waals surface area contributed by atoms with Crippen molar-refractivity contribution in [2.45, 2.75) is 77.0 Å². The molecule has 2 aromatic rings. The van der Waals surface area contributed by atoms with E-state index in [0.717, 1.165) is 43.2 Å². The molecule has 2 aliphatic rings. The summed E-state index contributed by atoms with van der Waals surface area (Å²) in [5.74, 6) is -1.50. The van der Waals surface area contributed by atoms with Crippen molar-refractivity contribution in [3.63, 3.8) is 0 Å². The predicted octanol–water partition coefficient (Wildman–Crippen LogP) is 8.58. The molecule has 0 radical (unpaired) electrons. The van der Waals surface area contributed by atoms with E-state index in [2.05, 4.69) is 6.92 Å². The number of unbranched alkanes of at least 4 members (excludes halogenated alkanes) is 2. The van der Waals surface area contributed by atoms with Crippen LogP contribution in [0.2, 0.25) is 0 Å². The normalized spacial score (nSPS) is 21.0. The van der Waals surface area contributed by atoms with Gasteiger partial charge in [-0.15, -0.1) is 0 Å². The van der Waals surface area contributed by atoms with E-state index in [1.165, 1.54) is 50.0 Å². The number of benzene rings is 2. The van der Waals surface area contributed by atoms with E-state index in [4.69, 9.17) is 0 Å². The van der Waals surface area contributed by atoms with Crippen LogP contribution < -0.4 is 0 Å². The fraction of sp³-hybridized carbons (Fsp3) is 0.481. The minimum atomic E-state index is -0.685. The van der Waals surface area contributed by atoms with Crippen LogP contribution in [-0.2, 0) is 6.42 Å². The summed E-state index contributed by atoms with van der Waals surface area (Å²) in [7, 11) is 0. The zero-order valence-corrected chi connectivity index (χ0v) is 18.1. The average molecular weight is 431 g/mol. The van der Waals surface area contributed by atoms with Gasteiger partial charge in [-0.3, -0.25) is 0 Å². The van der Waals surface area contributed by atoms with Crippen LogP contribution in [0, 0.1) is 29.2 Å². The molecule has 1 saturated carbocycles. The molecule has 2 aromatic carbocycles. The predicted molar refractivity (Wildman–Crippen MR) is 118 cm³/mol. The highest BCUT2D eigenvalue weighted by atomic mass is 19.1. The fourth-order valence-corrected chi connectivity index (χ4v) is 5.34. The highest BCUT2D eigenvalue weighted by Crippen LogP contribution is 2.40. The maximum absolute atomic E-state index is 15.0. The first kappa shape index (κ1) is 22.1. The van der Waals surface area contributed by atoms with Crippen LogP contribution in [-0.4, -0.2) is 0 Å². The number of rotatable bonds is 6. The second-order valence-corrected chi connectivity index (χ2v) is 9.20. The lowest BCUT2D eigenvalue weighted by atomic mass is 9.76. The summed E-state index contributed by atoms with van der Waals surface area (Å²) in [4.78, 5) is 0. The highest BCUT2D eigenvalue weighted by Gasteiger charge is 2.26. The van der Waals surface area contributed by atoms with Gasteiger partial charge in [-0.05, 0) is 90.8 Å². The van der Waals surface area contributed by atoms with Crippen molar-refractivity contribution in [3.8, 4) is 0 Å². The lowest BCUT2D eigenvalue weighted by Crippen LogP contribution is -2.14. The van der Waals surface area contributed by atoms with Crippen LogP contribution in [0.1, 0.15) is 92.9 Å². The first-order valence-electron chi connectivity index (χ1n) is 11.6. The summed E-state index contributed by atoms with van der Waals surface area (Å²) >= 11 is 0. The van der Waals surface area contributed by atoms with Crippen LogP contribution >= 0.6 is 0 Å². The third kappa shape index (κ3) is 4.88. The van der Waals surface area contributed by atoms with E-state index in [1.54, 1.807) is 0 Å². The van der Waals surface area contributed by atoms with Gasteiger partial charge in [0.1, 0.15) is 23.3 Å². The molecule has 0 saturated heterocycles. The maximum atomic E-state index is 15.0. The molecular weight excluding hydrogens is 400 g/mol. The summed E-state index contributed by atoms with van der Waals surface area (Å²) < 4.78 is 57.7. The van der Waals surface area contributed by atoms with Crippen LogP contribution in [0.5, 0.6) is 0 Å². The monoisotopic (exact) mass is 430 g/mol. The highest BCUT2D eigenvalue weighted by molar-refractivity contribution is 5.85. The Morgan fingerprint density at radius 1 is 0.806 bits per heavy atom. The first-order valence-corrected chi connectivity index (χ1v) is 11.6. The molecule has 4 rings (SSSR count). The van der Waals surface area contributed by atoms with E-state index in [9.17, 15) is 8.78 Å². The summed E-state index contributed by atoms with van der Waals surface area (Å²) in [6, 6.07) is 5.03. The average Bonchev–Trinajstić information content (AvgIpc) is 2.73. The van der Waals surface area contributed by atoms with Gasteiger partial charge < -0.3 is 0 Å². The second-order valence-electron chi connectivity index (χ2n) is 9.20. The molecule has 2 aliphatic carbocycles. The summed E-state index contributed by atoms with van der Waals surface area (Å²) in [6.07, 6.45) is 11.4. The standard InChI is InChI=1S/C27H30F4/c1-2-3-4-5-17-6-8-18(9-7-17)20-14-25(30)27(26(31)15-20)19-10-11-23-21(12-19)13-22(28)16-24(23)29/h12-18H,2-11H2,1H3. The molecule has 1 fully saturated rings. The number of allylic oxidation sites excluding steroid dienone is 1. The Balaban J connectivity index is 1.52. The summed E-state index contributed by atoms with van der Waals surface area (Å²) in [5.41, 5.74) is 1.90. The van der Waals surface area contributed by atoms with Gasteiger partial charge in [-0.1, -0.05) is 38.7 Å². The largest absolute Gasteiger partial charge is 0.207 e. The van der Waals surface area contributed by atoms with Gasteiger partial charge in [0, 0.05) is 11.6 Å². The molecule has 0 nitrogen and oxygen atoms in total. The SMILES string of the molecule is CCCCCC1CCC(c2cc(F)c(C3=Cc4cc(F)cc(F)c4CC3)c(F)c2)CC1. The van der Waals surface area contributed by atoms with Crippen molar-refractivity contribution in [3.05, 3.63) is 69.8 Å². The van der Waals surface area contributed by atoms with E-state index in [0.29, 0.717) is 29.5 Å². The lowest BCUT2D eigenvalue weighted by molar-refractivity contribution is 0.302. The van der Waals surface area contributed by atoms with Gasteiger partial charge in [0.05, 0.1) is 0 Å². The van der Waals surface area contributed by atoms with E-state index in [1.807, 2.05) is 0 Å². The van der Waals surface area contributed by atoms with Gasteiger partial charge in [0.25, 0.3) is 0 Å². The lowest BCUT2D eigenvalue weighted by Gasteiger charge is -2.29. The Bertz CT molecular complexity index is 944. The zero-order valence-electron chi connectivity index (χ0n) is 18.1. The van der Waals surface area contributed by atoms with Crippen molar-refractivity contribution in [2.24, 2.45) is 5.92 Å². The molecule has 0 aromatic heterocycles. The number of hydrogen-bond donors (Lipinski definition) is 0. The van der Waals surface area contributed by atoms with Gasteiger partial charge in [0.15, 0.2) is 0 Å². The van der Waals surface area contributed by atoms with Gasteiger partial charge >= 0.3 is 0 Å². The van der Waals surface area contributed by atoms with E-state index in [-0.39, 0.29) is 11.5 Å². The van der Waals surface area contributed by atoms with Crippen LogP contribution in [0.4, 0.5) is 17.6 Å². The Kier molecular flexibility index (Phi) is 6.83. The quantitative estimate of drug-likeness (QED) is 0.318. The molecule has 0 amide bonds. The van der Waals surface area contributed by atoms with E-state index < -0.39 is 23.3 Å². The Labute approximate surface area is 182 Å². The third-order valence-electron chi connectivity index (χ3n) is 7.09. The topological polar surface area (TPSA) is 0 Å². The Morgan fingerprint density at radius 2 is 1.52 bits per heavy atom. The second kappa shape index (κ2) is 9.58. The van der Waals surface area contributed by atoms with Crippen LogP contribution in [0.3, 0.4) is 0 Å². The molecule has 31 heavy (non-hydrogen) atoms. The number of halogens is 4. The van der Waals surface area contributed by atoms with Gasteiger partial charge in [0.2, 0.25) is 0 Å². The number of hydrogen-bond acceptors (Lipinski definition) is 0.